The molecule has 0 aliphatic carbocycles. The van der Waals surface area contributed by atoms with Crippen molar-refractivity contribution in [2.75, 3.05) is 21.0 Å². The van der Waals surface area contributed by atoms with Crippen LogP contribution in [0.3, 0.4) is 0 Å². The number of hydroxylamine groups is 1. The van der Waals surface area contributed by atoms with Gasteiger partial charge in [0.2, 0.25) is 6.29 Å². The van der Waals surface area contributed by atoms with Gasteiger partial charge in [-0.2, -0.15) is 5.48 Å². The molecule has 1 rings (SSSR count). The lowest BCUT2D eigenvalue weighted by Gasteiger charge is -2.37. The Bertz CT molecular complexity index is 815. The largest absolute Gasteiger partial charge is 0.467 e. The second-order valence-electron chi connectivity index (χ2n) is 8.31. The number of alkyl carbamates (subject to hydrolysis) is 1. The van der Waals surface area contributed by atoms with Gasteiger partial charge in [-0.25, -0.2) is 9.59 Å². The van der Waals surface area contributed by atoms with Gasteiger partial charge in [-0.1, -0.05) is 30.3 Å². The quantitative estimate of drug-likeness (QED) is 0.126. The predicted molar refractivity (Wildman–Crippen MR) is 119 cm³/mol. The molecule has 1 aromatic rings. The van der Waals surface area contributed by atoms with Crippen molar-refractivity contribution in [3.05, 3.63) is 35.9 Å². The maximum atomic E-state index is 12.4. The summed E-state index contributed by atoms with van der Waals surface area (Å²) in [5, 5.41) is 23.6. The van der Waals surface area contributed by atoms with Crippen LogP contribution < -0.4 is 10.8 Å². The fraction of sp³-hybridized carbons (Fsp3) is 0.591. The highest BCUT2D eigenvalue weighted by Crippen LogP contribution is 2.21. The maximum Gasteiger partial charge on any atom is 0.408 e. The van der Waals surface area contributed by atoms with Gasteiger partial charge in [-0.3, -0.25) is 9.63 Å². The normalized spacial score (nSPS) is 15.8. The van der Waals surface area contributed by atoms with Gasteiger partial charge in [0.05, 0.1) is 7.11 Å². The van der Waals surface area contributed by atoms with Crippen LogP contribution in [0.5, 0.6) is 0 Å². The number of benzene rings is 1. The first kappa shape index (κ1) is 30.2. The summed E-state index contributed by atoms with van der Waals surface area (Å²) >= 11 is 0. The molecule has 1 amide bonds. The number of hydrogen-bond donors (Lipinski definition) is 4. The highest BCUT2D eigenvalue weighted by molar-refractivity contribution is 5.82. The third kappa shape index (κ3) is 10.1. The van der Waals surface area contributed by atoms with E-state index in [1.54, 1.807) is 45.0 Å². The molecular formula is C22H34N2O11. The minimum Gasteiger partial charge on any atom is -0.467 e. The minimum absolute atomic E-state index is 0.000637. The SMILES string of the molecule is COCO[C@@](O)(C(O)ONC(C)C(=O)OCc1ccccc1)[C@H](NC(=O)OC(C)(C)C)C(=O)OC. The summed E-state index contributed by atoms with van der Waals surface area (Å²) in [6.45, 7) is 5.47. The lowest BCUT2D eigenvalue weighted by molar-refractivity contribution is -0.361. The van der Waals surface area contributed by atoms with Gasteiger partial charge >= 0.3 is 18.0 Å². The van der Waals surface area contributed by atoms with E-state index in [0.29, 0.717) is 0 Å². The third-order valence-electron chi connectivity index (χ3n) is 4.21. The third-order valence-corrected chi connectivity index (χ3v) is 4.21. The van der Waals surface area contributed by atoms with Crippen molar-refractivity contribution in [1.29, 1.82) is 0 Å². The predicted octanol–water partition coefficient (Wildman–Crippen LogP) is 0.333. The highest BCUT2D eigenvalue weighted by atomic mass is 16.8. The summed E-state index contributed by atoms with van der Waals surface area (Å²) in [4.78, 5) is 41.8. The minimum atomic E-state index is -2.94. The van der Waals surface area contributed by atoms with Crippen LogP contribution in [0.2, 0.25) is 0 Å². The smallest absolute Gasteiger partial charge is 0.408 e. The van der Waals surface area contributed by atoms with E-state index in [0.717, 1.165) is 12.7 Å². The van der Waals surface area contributed by atoms with Crippen LogP contribution in [0.15, 0.2) is 30.3 Å². The van der Waals surface area contributed by atoms with Gasteiger partial charge in [-0.05, 0) is 33.3 Å². The number of carbonyl (C=O) groups excluding carboxylic acids is 3. The van der Waals surface area contributed by atoms with Crippen molar-refractivity contribution in [3.63, 3.8) is 0 Å². The first-order valence-electron chi connectivity index (χ1n) is 10.6. The summed E-state index contributed by atoms with van der Waals surface area (Å²) in [6.07, 6.45) is -3.47. The zero-order chi connectivity index (χ0) is 26.6. The van der Waals surface area contributed by atoms with Gasteiger partial charge in [0.1, 0.15) is 25.0 Å². The Morgan fingerprint density at radius 1 is 1.06 bits per heavy atom. The number of aliphatic hydroxyl groups excluding tert-OH is 1. The summed E-state index contributed by atoms with van der Waals surface area (Å²) in [6, 6.07) is 5.77. The monoisotopic (exact) mass is 502 g/mol. The fourth-order valence-corrected chi connectivity index (χ4v) is 2.48. The van der Waals surface area contributed by atoms with Gasteiger partial charge < -0.3 is 39.2 Å². The molecule has 4 atom stereocenters. The van der Waals surface area contributed by atoms with Crippen LogP contribution >= 0.6 is 0 Å². The molecule has 1 aromatic carbocycles. The van der Waals surface area contributed by atoms with Gasteiger partial charge in [0.15, 0.2) is 6.04 Å². The molecule has 13 heteroatoms. The number of hydrogen-bond acceptors (Lipinski definition) is 12. The lowest BCUT2D eigenvalue weighted by atomic mass is 10.1. The van der Waals surface area contributed by atoms with Gasteiger partial charge in [0, 0.05) is 7.11 Å². The first-order valence-corrected chi connectivity index (χ1v) is 10.6. The van der Waals surface area contributed by atoms with Crippen molar-refractivity contribution in [2.24, 2.45) is 0 Å². The molecule has 0 aliphatic rings. The number of methoxy groups -OCH3 is 2. The van der Waals surface area contributed by atoms with Crippen molar-refractivity contribution >= 4 is 18.0 Å². The van der Waals surface area contributed by atoms with E-state index in [9.17, 15) is 24.6 Å². The molecule has 0 spiro atoms. The molecule has 198 valence electrons. The number of carbonyl (C=O) groups is 3. The number of rotatable bonds is 13. The van der Waals surface area contributed by atoms with Crippen LogP contribution in [-0.4, -0.2) is 79.0 Å². The van der Waals surface area contributed by atoms with Gasteiger partial charge in [0.25, 0.3) is 5.79 Å². The standard InChI is InChI=1S/C22H34N2O11/c1-14(17(25)32-12-15-10-8-7-9-11-15)24-35-19(27)22(29,33-13-30-5)16(18(26)31-6)23-20(28)34-21(2,3)4/h7-11,14,16,19,24,27,29H,12-13H2,1-6H3,(H,23,28)/t14?,16-,19?,22-/m1/s1. The molecule has 13 nitrogen and oxygen atoms in total. The van der Waals surface area contributed by atoms with Crippen LogP contribution in [0.1, 0.15) is 33.3 Å². The molecule has 2 unspecified atom stereocenters. The number of aliphatic hydroxyl groups is 2. The molecular weight excluding hydrogens is 468 g/mol. The molecule has 0 bridgehead atoms. The van der Waals surface area contributed by atoms with E-state index >= 15 is 0 Å². The van der Waals surface area contributed by atoms with Crippen molar-refractivity contribution < 1.29 is 53.1 Å². The van der Waals surface area contributed by atoms with Crippen LogP contribution in [0.4, 0.5) is 4.79 Å². The molecule has 0 fully saturated rings. The Morgan fingerprint density at radius 3 is 2.23 bits per heavy atom. The molecule has 0 aliphatic heterocycles. The first-order chi connectivity index (χ1) is 16.3. The number of ether oxygens (including phenoxy) is 5. The molecule has 0 saturated heterocycles. The van der Waals surface area contributed by atoms with Crippen LogP contribution in [-0.2, 0) is 44.7 Å². The van der Waals surface area contributed by atoms with E-state index in [4.69, 9.17) is 23.8 Å². The molecule has 0 heterocycles. The highest BCUT2D eigenvalue weighted by Gasteiger charge is 2.52. The fourth-order valence-electron chi connectivity index (χ4n) is 2.48. The Morgan fingerprint density at radius 2 is 1.69 bits per heavy atom. The van der Waals surface area contributed by atoms with E-state index in [1.807, 2.05) is 6.07 Å². The Hall–Kier alpha value is -2.81. The Balaban J connectivity index is 2.91. The number of esters is 2. The van der Waals surface area contributed by atoms with Crippen LogP contribution in [0.25, 0.3) is 0 Å². The number of amides is 1. The maximum absolute atomic E-state index is 12.4. The van der Waals surface area contributed by atoms with Crippen molar-refractivity contribution in [3.8, 4) is 0 Å². The zero-order valence-electron chi connectivity index (χ0n) is 20.6. The van der Waals surface area contributed by atoms with Gasteiger partial charge in [-0.15, -0.1) is 0 Å². The molecule has 0 saturated carbocycles. The van der Waals surface area contributed by atoms with E-state index < -0.39 is 54.6 Å². The molecule has 4 N–H and O–H groups in total. The zero-order valence-corrected chi connectivity index (χ0v) is 20.6. The van der Waals surface area contributed by atoms with Crippen molar-refractivity contribution in [2.45, 2.75) is 64.1 Å². The Kier molecular flexibility index (Phi) is 12.0. The molecule has 35 heavy (non-hydrogen) atoms. The average Bonchev–Trinajstić information content (AvgIpc) is 2.81. The molecule has 0 aromatic heterocycles. The Labute approximate surface area is 203 Å². The van der Waals surface area contributed by atoms with Crippen LogP contribution in [0, 0.1) is 0 Å². The van der Waals surface area contributed by atoms with E-state index in [2.05, 4.69) is 15.5 Å². The van der Waals surface area contributed by atoms with E-state index in [1.165, 1.54) is 14.0 Å². The summed E-state index contributed by atoms with van der Waals surface area (Å²) < 4.78 is 24.7. The second-order valence-corrected chi connectivity index (χ2v) is 8.31. The lowest BCUT2D eigenvalue weighted by Crippen LogP contribution is -2.66. The van der Waals surface area contributed by atoms with Crippen molar-refractivity contribution in [1.82, 2.24) is 10.8 Å². The summed E-state index contributed by atoms with van der Waals surface area (Å²) in [7, 11) is 2.20. The second kappa shape index (κ2) is 13.9. The van der Waals surface area contributed by atoms with E-state index in [-0.39, 0.29) is 6.61 Å². The molecule has 0 radical (unpaired) electrons. The summed E-state index contributed by atoms with van der Waals surface area (Å²) in [5.74, 6) is -4.88. The average molecular weight is 503 g/mol. The number of nitrogens with one attached hydrogen (secondary N) is 2. The summed E-state index contributed by atoms with van der Waals surface area (Å²) in [5.41, 5.74) is 2.02. The topological polar surface area (TPSA) is 171 Å².